The number of hydrogen-bond donors (Lipinski definition) is 1. The van der Waals surface area contributed by atoms with Gasteiger partial charge >= 0.3 is 6.61 Å². The van der Waals surface area contributed by atoms with Gasteiger partial charge in [-0.15, -0.1) is 0 Å². The molecule has 0 unspecified atom stereocenters. The summed E-state index contributed by atoms with van der Waals surface area (Å²) in [6, 6.07) is 8.50. The van der Waals surface area contributed by atoms with Crippen LogP contribution in [0.4, 0.5) is 18.9 Å². The minimum Gasteiger partial charge on any atom is -0.483 e. The molecule has 0 atom stereocenters. The molecular formula is C19H11Cl3F3NO4. The van der Waals surface area contributed by atoms with Crippen LogP contribution in [0.2, 0.25) is 15.1 Å². The fourth-order valence-electron chi connectivity index (χ4n) is 2.36. The maximum Gasteiger partial charge on any atom is 0.387 e. The standard InChI is InChI=1S/C19H11Cl3F3NO4/c20-9-5-12(21)17(13(22)6-9)28-8-11-2-4-15(29-11)18(27)26-14-3-1-10(23)7-16(14)30-19(24)25/h1-7,19H,8H2,(H,26,27). The molecule has 0 radical (unpaired) electrons. The van der Waals surface area contributed by atoms with Crippen LogP contribution in [0.3, 0.4) is 0 Å². The number of rotatable bonds is 7. The zero-order valence-corrected chi connectivity index (χ0v) is 17.0. The molecule has 1 amide bonds. The zero-order chi connectivity index (χ0) is 21.8. The summed E-state index contributed by atoms with van der Waals surface area (Å²) in [6.07, 6.45) is 0. The Morgan fingerprint density at radius 1 is 1.07 bits per heavy atom. The lowest BCUT2D eigenvalue weighted by molar-refractivity contribution is -0.0495. The highest BCUT2D eigenvalue weighted by Gasteiger charge is 2.17. The molecule has 0 aliphatic rings. The van der Waals surface area contributed by atoms with Gasteiger partial charge in [0.15, 0.2) is 17.3 Å². The van der Waals surface area contributed by atoms with Crippen molar-refractivity contribution in [3.05, 3.63) is 74.9 Å². The number of amides is 1. The van der Waals surface area contributed by atoms with E-state index in [0.717, 1.165) is 18.2 Å². The Morgan fingerprint density at radius 3 is 2.43 bits per heavy atom. The van der Waals surface area contributed by atoms with E-state index in [0.29, 0.717) is 5.02 Å². The van der Waals surface area contributed by atoms with Crippen molar-refractivity contribution in [2.24, 2.45) is 0 Å². The molecule has 1 N–H and O–H groups in total. The monoisotopic (exact) mass is 479 g/mol. The fraction of sp³-hybridized carbons (Fsp3) is 0.105. The lowest BCUT2D eigenvalue weighted by atomic mass is 10.2. The van der Waals surface area contributed by atoms with E-state index in [9.17, 15) is 18.0 Å². The summed E-state index contributed by atoms with van der Waals surface area (Å²) in [4.78, 5) is 12.3. The average molecular weight is 481 g/mol. The number of furan rings is 1. The third kappa shape index (κ3) is 5.53. The second-order valence-electron chi connectivity index (χ2n) is 5.73. The van der Waals surface area contributed by atoms with Gasteiger partial charge in [0.05, 0.1) is 15.7 Å². The number of carbonyl (C=O) groups is 1. The van der Waals surface area contributed by atoms with Crippen LogP contribution >= 0.6 is 34.8 Å². The highest BCUT2D eigenvalue weighted by molar-refractivity contribution is 6.40. The van der Waals surface area contributed by atoms with Crippen molar-refractivity contribution < 1.29 is 31.9 Å². The molecule has 0 aliphatic carbocycles. The fourth-order valence-corrected chi connectivity index (χ4v) is 3.29. The minimum absolute atomic E-state index is 0.107. The van der Waals surface area contributed by atoms with Gasteiger partial charge in [0.1, 0.15) is 18.2 Å². The van der Waals surface area contributed by atoms with E-state index in [1.54, 1.807) is 0 Å². The molecule has 1 heterocycles. The topological polar surface area (TPSA) is 60.7 Å². The molecule has 158 valence electrons. The number of hydrogen-bond acceptors (Lipinski definition) is 4. The minimum atomic E-state index is -3.19. The molecular weight excluding hydrogens is 470 g/mol. The molecule has 0 spiro atoms. The molecule has 0 saturated carbocycles. The Morgan fingerprint density at radius 2 is 1.77 bits per heavy atom. The Labute approximate surface area is 183 Å². The molecule has 0 aliphatic heterocycles. The second kappa shape index (κ2) is 9.51. The quantitative estimate of drug-likeness (QED) is 0.403. The van der Waals surface area contributed by atoms with E-state index < -0.39 is 24.1 Å². The number of alkyl halides is 2. The summed E-state index contributed by atoms with van der Waals surface area (Å²) >= 11 is 17.9. The van der Waals surface area contributed by atoms with Crippen molar-refractivity contribution in [1.29, 1.82) is 0 Å². The van der Waals surface area contributed by atoms with Gasteiger partial charge in [-0.3, -0.25) is 4.79 Å². The van der Waals surface area contributed by atoms with Crippen molar-refractivity contribution in [3.63, 3.8) is 0 Å². The van der Waals surface area contributed by atoms with Crippen LogP contribution in [-0.2, 0) is 6.61 Å². The zero-order valence-electron chi connectivity index (χ0n) is 14.7. The highest BCUT2D eigenvalue weighted by atomic mass is 35.5. The molecule has 5 nitrogen and oxygen atoms in total. The molecule has 3 rings (SSSR count). The van der Waals surface area contributed by atoms with Gasteiger partial charge in [0.25, 0.3) is 5.91 Å². The first-order valence-electron chi connectivity index (χ1n) is 8.14. The van der Waals surface area contributed by atoms with E-state index in [4.69, 9.17) is 44.0 Å². The largest absolute Gasteiger partial charge is 0.483 e. The van der Waals surface area contributed by atoms with Gasteiger partial charge in [-0.25, -0.2) is 4.39 Å². The van der Waals surface area contributed by atoms with Crippen LogP contribution < -0.4 is 14.8 Å². The van der Waals surface area contributed by atoms with Gasteiger partial charge in [-0.2, -0.15) is 8.78 Å². The first-order chi connectivity index (χ1) is 14.2. The highest BCUT2D eigenvalue weighted by Crippen LogP contribution is 2.36. The smallest absolute Gasteiger partial charge is 0.387 e. The third-order valence-electron chi connectivity index (χ3n) is 3.62. The summed E-state index contributed by atoms with van der Waals surface area (Å²) < 4.78 is 53.3. The van der Waals surface area contributed by atoms with Gasteiger partial charge < -0.3 is 19.2 Å². The van der Waals surface area contributed by atoms with Crippen LogP contribution in [0.5, 0.6) is 11.5 Å². The molecule has 2 aromatic carbocycles. The molecule has 11 heteroatoms. The van der Waals surface area contributed by atoms with E-state index in [2.05, 4.69) is 10.1 Å². The van der Waals surface area contributed by atoms with Crippen LogP contribution in [0, 0.1) is 5.82 Å². The van der Waals surface area contributed by atoms with Crippen molar-refractivity contribution in [1.82, 2.24) is 0 Å². The van der Waals surface area contributed by atoms with Gasteiger partial charge in [0, 0.05) is 11.1 Å². The van der Waals surface area contributed by atoms with Gasteiger partial charge in [-0.1, -0.05) is 34.8 Å². The van der Waals surface area contributed by atoms with Crippen molar-refractivity contribution in [2.75, 3.05) is 5.32 Å². The summed E-state index contributed by atoms with van der Waals surface area (Å²) in [7, 11) is 0. The van der Waals surface area contributed by atoms with Crippen LogP contribution in [0.1, 0.15) is 16.3 Å². The van der Waals surface area contributed by atoms with Crippen LogP contribution in [-0.4, -0.2) is 12.5 Å². The molecule has 30 heavy (non-hydrogen) atoms. The van der Waals surface area contributed by atoms with E-state index >= 15 is 0 Å². The number of nitrogens with one attached hydrogen (secondary N) is 1. The first kappa shape index (κ1) is 22.1. The lowest BCUT2D eigenvalue weighted by Crippen LogP contribution is -2.13. The molecule has 0 saturated heterocycles. The number of anilines is 1. The maximum absolute atomic E-state index is 13.3. The lowest BCUT2D eigenvalue weighted by Gasteiger charge is -2.11. The molecule has 3 aromatic rings. The normalized spacial score (nSPS) is 10.9. The Balaban J connectivity index is 1.69. The Bertz CT molecular complexity index is 1050. The number of ether oxygens (including phenoxy) is 2. The van der Waals surface area contributed by atoms with Crippen LogP contribution in [0.25, 0.3) is 0 Å². The number of benzene rings is 2. The molecule has 0 fully saturated rings. The van der Waals surface area contributed by atoms with Crippen LogP contribution in [0.15, 0.2) is 46.9 Å². The van der Waals surface area contributed by atoms with Gasteiger partial charge in [0.2, 0.25) is 0 Å². The maximum atomic E-state index is 13.3. The van der Waals surface area contributed by atoms with E-state index in [1.165, 1.54) is 24.3 Å². The van der Waals surface area contributed by atoms with Crippen molar-refractivity contribution in [3.8, 4) is 11.5 Å². The SMILES string of the molecule is O=C(Nc1ccc(F)cc1OC(F)F)c1ccc(COc2c(Cl)cc(Cl)cc2Cl)o1. The van der Waals surface area contributed by atoms with E-state index in [1.807, 2.05) is 0 Å². The summed E-state index contributed by atoms with van der Waals surface area (Å²) in [5, 5.41) is 3.04. The van der Waals surface area contributed by atoms with Gasteiger partial charge in [-0.05, 0) is 36.4 Å². The predicted molar refractivity (Wildman–Crippen MR) is 105 cm³/mol. The average Bonchev–Trinajstić information content (AvgIpc) is 3.11. The second-order valence-corrected chi connectivity index (χ2v) is 6.98. The third-order valence-corrected chi connectivity index (χ3v) is 4.39. The number of carbonyl (C=O) groups excluding carboxylic acids is 1. The van der Waals surface area contributed by atoms with E-state index in [-0.39, 0.29) is 39.6 Å². The van der Waals surface area contributed by atoms with Crippen molar-refractivity contribution in [2.45, 2.75) is 13.2 Å². The van der Waals surface area contributed by atoms with Crippen molar-refractivity contribution >= 4 is 46.4 Å². The molecule has 0 bridgehead atoms. The molecule has 1 aromatic heterocycles. The summed E-state index contributed by atoms with van der Waals surface area (Å²) in [5.41, 5.74) is -0.157. The number of halogens is 6. The predicted octanol–water partition coefficient (Wildman–Crippen LogP) is 6.81. The Hall–Kier alpha value is -2.55. The summed E-state index contributed by atoms with van der Waals surface area (Å²) in [6.45, 7) is -3.30. The Kier molecular flexibility index (Phi) is 7.02. The first-order valence-corrected chi connectivity index (χ1v) is 9.28. The summed E-state index contributed by atoms with van der Waals surface area (Å²) in [5.74, 6) is -1.81.